The van der Waals surface area contributed by atoms with E-state index in [9.17, 15) is 4.39 Å². The van der Waals surface area contributed by atoms with Gasteiger partial charge in [0.05, 0.1) is 12.3 Å². The maximum Gasteiger partial charge on any atom is 0.218 e. The van der Waals surface area contributed by atoms with Gasteiger partial charge < -0.3 is 14.8 Å². The van der Waals surface area contributed by atoms with E-state index in [0.29, 0.717) is 18.5 Å². The summed E-state index contributed by atoms with van der Waals surface area (Å²) in [5, 5.41) is 3.28. The molecule has 0 aliphatic heterocycles. The number of halogens is 1. The number of aromatic nitrogens is 1. The Morgan fingerprint density at radius 3 is 2.86 bits per heavy atom. The molecule has 1 fully saturated rings. The Bertz CT molecular complexity index is 454. The van der Waals surface area contributed by atoms with Gasteiger partial charge in [0.2, 0.25) is 5.88 Å². The maximum absolute atomic E-state index is 13.4. The highest BCUT2D eigenvalue weighted by molar-refractivity contribution is 5.26. The Balaban J connectivity index is 2.04. The Morgan fingerprint density at radius 2 is 2.14 bits per heavy atom. The van der Waals surface area contributed by atoms with Gasteiger partial charge >= 0.3 is 0 Å². The largest absolute Gasteiger partial charge is 0.474 e. The average Bonchev–Trinajstić information content (AvgIpc) is 2.47. The molecule has 0 radical (unpaired) electrons. The predicted octanol–water partition coefficient (Wildman–Crippen LogP) is 3.06. The van der Waals surface area contributed by atoms with E-state index in [-0.39, 0.29) is 18.0 Å². The Hall–Kier alpha value is -1.20. The van der Waals surface area contributed by atoms with Crippen molar-refractivity contribution in [3.63, 3.8) is 0 Å². The molecule has 1 saturated carbocycles. The molecule has 1 aliphatic carbocycles. The highest BCUT2D eigenvalue weighted by atomic mass is 19.1. The van der Waals surface area contributed by atoms with Gasteiger partial charge in [-0.2, -0.15) is 0 Å². The third-order valence-corrected chi connectivity index (χ3v) is 3.78. The highest BCUT2D eigenvalue weighted by Crippen LogP contribution is 2.26. The molecular formula is C16H25FN2O2. The van der Waals surface area contributed by atoms with Crippen molar-refractivity contribution < 1.29 is 13.9 Å². The second-order valence-corrected chi connectivity index (χ2v) is 5.92. The Labute approximate surface area is 126 Å². The topological polar surface area (TPSA) is 43.4 Å². The fourth-order valence-corrected chi connectivity index (χ4v) is 2.60. The minimum atomic E-state index is -0.332. The lowest BCUT2D eigenvalue weighted by Crippen LogP contribution is -2.30. The first kappa shape index (κ1) is 16.2. The van der Waals surface area contributed by atoms with Gasteiger partial charge in [0.1, 0.15) is 11.9 Å². The van der Waals surface area contributed by atoms with Crippen LogP contribution in [0.5, 0.6) is 5.88 Å². The lowest BCUT2D eigenvalue weighted by atomic mass is 9.95. The molecule has 0 amide bonds. The third-order valence-electron chi connectivity index (χ3n) is 3.78. The summed E-state index contributed by atoms with van der Waals surface area (Å²) in [7, 11) is 1.74. The molecule has 2 rings (SSSR count). The van der Waals surface area contributed by atoms with E-state index >= 15 is 0 Å². The molecule has 1 heterocycles. The van der Waals surface area contributed by atoms with Crippen molar-refractivity contribution >= 4 is 0 Å². The van der Waals surface area contributed by atoms with Crippen LogP contribution in [0.3, 0.4) is 0 Å². The molecule has 1 N–H and O–H groups in total. The summed E-state index contributed by atoms with van der Waals surface area (Å²) in [5.41, 5.74) is 0.767. The van der Waals surface area contributed by atoms with Crippen LogP contribution in [-0.2, 0) is 11.3 Å². The minimum absolute atomic E-state index is 0.0967. The lowest BCUT2D eigenvalue weighted by Gasteiger charge is -2.28. The summed E-state index contributed by atoms with van der Waals surface area (Å²) in [5.74, 6) is 0.202. The number of nitrogens with zero attached hydrogens (tertiary/aromatic N) is 1. The van der Waals surface area contributed by atoms with Crippen molar-refractivity contribution in [3.05, 3.63) is 23.6 Å². The van der Waals surface area contributed by atoms with E-state index in [4.69, 9.17) is 9.47 Å². The highest BCUT2D eigenvalue weighted by Gasteiger charge is 2.24. The molecule has 118 valence electrons. The monoisotopic (exact) mass is 296 g/mol. The fourth-order valence-electron chi connectivity index (χ4n) is 2.60. The van der Waals surface area contributed by atoms with Crippen LogP contribution in [0.2, 0.25) is 0 Å². The molecular weight excluding hydrogens is 271 g/mol. The Kier molecular flexibility index (Phi) is 5.94. The quantitative estimate of drug-likeness (QED) is 0.876. The number of hydrogen-bond acceptors (Lipinski definition) is 4. The summed E-state index contributed by atoms with van der Waals surface area (Å²) >= 11 is 0. The van der Waals surface area contributed by atoms with E-state index < -0.39 is 0 Å². The van der Waals surface area contributed by atoms with E-state index in [0.717, 1.165) is 31.2 Å². The molecule has 0 aromatic carbocycles. The lowest BCUT2D eigenvalue weighted by molar-refractivity contribution is 0.0191. The van der Waals surface area contributed by atoms with Crippen LogP contribution in [0.4, 0.5) is 4.39 Å². The first-order valence-electron chi connectivity index (χ1n) is 7.65. The van der Waals surface area contributed by atoms with Crippen molar-refractivity contribution in [1.29, 1.82) is 0 Å². The zero-order chi connectivity index (χ0) is 15.2. The number of hydrogen-bond donors (Lipinski definition) is 1. The van der Waals surface area contributed by atoms with Crippen LogP contribution in [0.1, 0.15) is 45.1 Å². The molecule has 2 unspecified atom stereocenters. The van der Waals surface area contributed by atoms with E-state index in [1.807, 2.05) is 0 Å². The van der Waals surface area contributed by atoms with Gasteiger partial charge in [-0.1, -0.05) is 13.8 Å². The van der Waals surface area contributed by atoms with Crippen LogP contribution in [0.25, 0.3) is 0 Å². The second kappa shape index (κ2) is 7.71. The molecule has 0 saturated heterocycles. The van der Waals surface area contributed by atoms with Gasteiger partial charge in [-0.25, -0.2) is 9.37 Å². The number of nitrogens with one attached hydrogen (secondary N) is 1. The molecule has 1 aliphatic rings. The van der Waals surface area contributed by atoms with Gasteiger partial charge in [-0.05, 0) is 25.3 Å². The van der Waals surface area contributed by atoms with Gasteiger partial charge in [0.25, 0.3) is 0 Å². The normalized spacial score (nSPS) is 22.5. The molecule has 1 aromatic rings. The summed E-state index contributed by atoms with van der Waals surface area (Å²) in [4.78, 5) is 4.12. The Morgan fingerprint density at radius 1 is 1.38 bits per heavy atom. The van der Waals surface area contributed by atoms with Crippen molar-refractivity contribution in [2.24, 2.45) is 0 Å². The molecule has 5 heteroatoms. The zero-order valence-corrected chi connectivity index (χ0v) is 13.1. The SMILES string of the molecule is COC1CCCC(Oc2ncc(F)cc2CNC(C)C)C1. The summed E-state index contributed by atoms with van der Waals surface area (Å²) in [6.45, 7) is 4.66. The van der Waals surface area contributed by atoms with Crippen molar-refractivity contribution in [1.82, 2.24) is 10.3 Å². The van der Waals surface area contributed by atoms with E-state index in [1.54, 1.807) is 7.11 Å². The van der Waals surface area contributed by atoms with Gasteiger partial charge in [0.15, 0.2) is 0 Å². The van der Waals surface area contributed by atoms with Crippen LogP contribution in [0, 0.1) is 5.82 Å². The first-order chi connectivity index (χ1) is 10.1. The fraction of sp³-hybridized carbons (Fsp3) is 0.688. The number of methoxy groups -OCH3 is 1. The van der Waals surface area contributed by atoms with Gasteiger partial charge in [0, 0.05) is 31.7 Å². The summed E-state index contributed by atoms with van der Waals surface area (Å²) < 4.78 is 24.8. The smallest absolute Gasteiger partial charge is 0.218 e. The minimum Gasteiger partial charge on any atom is -0.474 e. The van der Waals surface area contributed by atoms with Crippen LogP contribution in [0.15, 0.2) is 12.3 Å². The first-order valence-corrected chi connectivity index (χ1v) is 7.65. The predicted molar refractivity (Wildman–Crippen MR) is 79.9 cm³/mol. The number of ether oxygens (including phenoxy) is 2. The molecule has 0 spiro atoms. The molecule has 2 atom stereocenters. The third kappa shape index (κ3) is 4.93. The number of pyridine rings is 1. The van der Waals surface area contributed by atoms with Crippen molar-refractivity contribution in [3.8, 4) is 5.88 Å². The molecule has 1 aromatic heterocycles. The molecule has 21 heavy (non-hydrogen) atoms. The van der Waals surface area contributed by atoms with Crippen LogP contribution >= 0.6 is 0 Å². The number of rotatable bonds is 6. The molecule has 0 bridgehead atoms. The molecule has 4 nitrogen and oxygen atoms in total. The van der Waals surface area contributed by atoms with Crippen LogP contribution < -0.4 is 10.1 Å². The summed E-state index contributed by atoms with van der Waals surface area (Å²) in [6, 6.07) is 1.82. The van der Waals surface area contributed by atoms with E-state index in [1.165, 1.54) is 12.3 Å². The maximum atomic E-state index is 13.4. The second-order valence-electron chi connectivity index (χ2n) is 5.92. The van der Waals surface area contributed by atoms with Crippen molar-refractivity contribution in [2.75, 3.05) is 7.11 Å². The van der Waals surface area contributed by atoms with Gasteiger partial charge in [-0.15, -0.1) is 0 Å². The van der Waals surface area contributed by atoms with Crippen LogP contribution in [-0.4, -0.2) is 30.3 Å². The zero-order valence-electron chi connectivity index (χ0n) is 13.1. The standard InChI is InChI=1S/C16H25FN2O2/c1-11(2)18-9-12-7-13(17)10-19-16(12)21-15-6-4-5-14(8-15)20-3/h7,10-11,14-15,18H,4-6,8-9H2,1-3H3. The van der Waals surface area contributed by atoms with Gasteiger partial charge in [-0.3, -0.25) is 0 Å². The van der Waals surface area contributed by atoms with E-state index in [2.05, 4.69) is 24.1 Å². The average molecular weight is 296 g/mol. The van der Waals surface area contributed by atoms with Crippen molar-refractivity contribution in [2.45, 2.75) is 64.3 Å². The summed E-state index contributed by atoms with van der Waals surface area (Å²) in [6.07, 6.45) is 5.59.